The van der Waals surface area contributed by atoms with Gasteiger partial charge in [-0.15, -0.1) is 6.58 Å². The number of alkyl halides is 1. The maximum Gasteiger partial charge on any atom is 0.410 e. The van der Waals surface area contributed by atoms with Gasteiger partial charge >= 0.3 is 12.1 Å². The Morgan fingerprint density at radius 2 is 1.75 bits per heavy atom. The van der Waals surface area contributed by atoms with Gasteiger partial charge in [-0.3, -0.25) is 9.59 Å². The predicted molar refractivity (Wildman–Crippen MR) is 202 cm³/mol. The van der Waals surface area contributed by atoms with Gasteiger partial charge in [0.2, 0.25) is 0 Å². The van der Waals surface area contributed by atoms with Crippen LogP contribution in [0, 0.1) is 28.8 Å². The lowest BCUT2D eigenvalue weighted by Gasteiger charge is -2.42. The molecule has 0 bridgehead atoms. The zero-order chi connectivity index (χ0) is 41.4. The Morgan fingerprint density at radius 1 is 1.02 bits per heavy atom. The number of likely N-dealkylation sites (tertiary alicyclic amines) is 1. The van der Waals surface area contributed by atoms with Crippen molar-refractivity contribution in [1.82, 2.24) is 19.4 Å². The minimum atomic E-state index is -1.60. The van der Waals surface area contributed by atoms with Crippen molar-refractivity contribution in [1.29, 1.82) is 0 Å². The molecule has 2 amide bonds. The average molecular weight is 795 g/mol. The molecule has 1 aliphatic heterocycles. The molecular formula is C42H46F4N4O7. The Morgan fingerprint density at radius 3 is 2.44 bits per heavy atom. The number of halogens is 4. The Balaban J connectivity index is 1.60. The molecule has 1 aliphatic rings. The standard InChI is InChI=1S/C42H46F4N4O7/c1-7-42(4,5)38(39-47-37(34-18-31(43)13-14-35(34)45)23-48(39)19-29-15-32(44)17-33(16-29)56-25-54-6)50(40(52)26(2)57-27(3)51)21-30-20-49(22-36(30)46)41(53)55-24-28-11-9-8-10-12-28/h7-18,23,26,30,36,38H,1,19-22,24-25H2,2-6H3/t26-,30-,36-,38-/m0/s1. The summed E-state index contributed by atoms with van der Waals surface area (Å²) in [6.45, 7) is 8.99. The normalized spacial score (nSPS) is 16.5. The number of ether oxygens (including phenoxy) is 4. The summed E-state index contributed by atoms with van der Waals surface area (Å²) >= 11 is 0. The second kappa shape index (κ2) is 18.5. The fourth-order valence-corrected chi connectivity index (χ4v) is 6.77. The maximum absolute atomic E-state index is 16.0. The van der Waals surface area contributed by atoms with Crippen LogP contribution in [0.5, 0.6) is 5.75 Å². The lowest BCUT2D eigenvalue weighted by Crippen LogP contribution is -2.50. The topological polar surface area (TPSA) is 112 Å². The number of benzene rings is 3. The first-order valence-corrected chi connectivity index (χ1v) is 18.2. The number of amides is 2. The van der Waals surface area contributed by atoms with Crippen molar-refractivity contribution >= 4 is 18.0 Å². The van der Waals surface area contributed by atoms with Gasteiger partial charge in [0.1, 0.15) is 41.8 Å². The molecular weight excluding hydrogens is 748 g/mol. The third-order valence-corrected chi connectivity index (χ3v) is 9.66. The van der Waals surface area contributed by atoms with Crippen LogP contribution in [0.3, 0.4) is 0 Å². The largest absolute Gasteiger partial charge is 0.467 e. The van der Waals surface area contributed by atoms with Crippen LogP contribution in [-0.4, -0.2) is 83.1 Å². The first kappa shape index (κ1) is 42.4. The van der Waals surface area contributed by atoms with Crippen LogP contribution in [0.2, 0.25) is 0 Å². The van der Waals surface area contributed by atoms with Crippen LogP contribution in [-0.2, 0) is 37.0 Å². The van der Waals surface area contributed by atoms with Crippen LogP contribution >= 0.6 is 0 Å². The first-order chi connectivity index (χ1) is 27.1. The lowest BCUT2D eigenvalue weighted by atomic mass is 9.82. The van der Waals surface area contributed by atoms with E-state index in [0.29, 0.717) is 5.56 Å². The molecule has 1 fully saturated rings. The van der Waals surface area contributed by atoms with E-state index in [1.165, 1.54) is 42.2 Å². The van der Waals surface area contributed by atoms with Gasteiger partial charge < -0.3 is 33.3 Å². The summed E-state index contributed by atoms with van der Waals surface area (Å²) in [6, 6.07) is 14.7. The van der Waals surface area contributed by atoms with Crippen LogP contribution in [0.1, 0.15) is 50.7 Å². The fraction of sp³-hybridized carbons (Fsp3) is 0.381. The van der Waals surface area contributed by atoms with Crippen LogP contribution < -0.4 is 4.74 Å². The van der Waals surface area contributed by atoms with Crippen molar-refractivity contribution in [2.24, 2.45) is 11.3 Å². The molecule has 2 heterocycles. The summed E-state index contributed by atoms with van der Waals surface area (Å²) < 4.78 is 83.6. The highest BCUT2D eigenvalue weighted by atomic mass is 19.1. The molecule has 15 heteroatoms. The van der Waals surface area contributed by atoms with Gasteiger partial charge in [-0.1, -0.05) is 50.3 Å². The molecule has 1 aromatic heterocycles. The third-order valence-electron chi connectivity index (χ3n) is 9.66. The van der Waals surface area contributed by atoms with Gasteiger partial charge in [0.25, 0.3) is 5.91 Å². The SMILES string of the molecule is C=CC(C)(C)[C@H](c1nc(-c2cc(F)ccc2F)cn1Cc1cc(F)cc(OCOC)c1)N(C[C@@H]1CN(C(=O)OCc2ccccc2)C[C@@H]1F)C(=O)[C@H](C)OC(C)=O. The molecule has 0 radical (unpaired) electrons. The molecule has 4 atom stereocenters. The Bertz CT molecular complexity index is 2060. The van der Waals surface area contributed by atoms with Crippen molar-refractivity contribution < 1.29 is 50.9 Å². The number of esters is 1. The first-order valence-electron chi connectivity index (χ1n) is 18.2. The highest BCUT2D eigenvalue weighted by Crippen LogP contribution is 2.42. The molecule has 1 saturated heterocycles. The Labute approximate surface area is 328 Å². The van der Waals surface area contributed by atoms with E-state index in [4.69, 9.17) is 23.9 Å². The van der Waals surface area contributed by atoms with Gasteiger partial charge in [0.15, 0.2) is 12.9 Å². The number of nitrogens with zero attached hydrogens (tertiary/aromatic N) is 4. The molecule has 304 valence electrons. The van der Waals surface area contributed by atoms with Crippen LogP contribution in [0.15, 0.2) is 85.6 Å². The summed E-state index contributed by atoms with van der Waals surface area (Å²) in [5.41, 5.74) is -0.189. The number of hydrogen-bond donors (Lipinski definition) is 0. The highest BCUT2D eigenvalue weighted by Gasteiger charge is 2.45. The predicted octanol–water partition coefficient (Wildman–Crippen LogP) is 7.64. The molecule has 0 aliphatic carbocycles. The van der Waals surface area contributed by atoms with E-state index in [1.54, 1.807) is 54.8 Å². The molecule has 4 aromatic rings. The zero-order valence-electron chi connectivity index (χ0n) is 32.4. The monoisotopic (exact) mass is 794 g/mol. The number of hydrogen-bond acceptors (Lipinski definition) is 8. The summed E-state index contributed by atoms with van der Waals surface area (Å²) in [5, 5.41) is 0. The van der Waals surface area contributed by atoms with Gasteiger partial charge in [0, 0.05) is 62.8 Å². The van der Waals surface area contributed by atoms with E-state index in [2.05, 4.69) is 6.58 Å². The highest BCUT2D eigenvalue weighted by molar-refractivity contribution is 5.83. The average Bonchev–Trinajstić information content (AvgIpc) is 3.75. The number of methoxy groups -OCH3 is 1. The van der Waals surface area contributed by atoms with E-state index in [1.807, 2.05) is 6.07 Å². The number of carbonyl (C=O) groups is 3. The van der Waals surface area contributed by atoms with Crippen molar-refractivity contribution in [2.75, 3.05) is 33.5 Å². The van der Waals surface area contributed by atoms with Gasteiger partial charge in [-0.25, -0.2) is 27.3 Å². The second-order valence-electron chi connectivity index (χ2n) is 14.5. The quantitative estimate of drug-likeness (QED) is 0.0493. The molecule has 5 rings (SSSR count). The summed E-state index contributed by atoms with van der Waals surface area (Å²) in [4.78, 5) is 47.0. The number of imidazole rings is 1. The van der Waals surface area contributed by atoms with E-state index in [9.17, 15) is 23.2 Å². The number of aromatic nitrogens is 2. The molecule has 0 unspecified atom stereocenters. The smallest absolute Gasteiger partial charge is 0.410 e. The van der Waals surface area contributed by atoms with E-state index in [0.717, 1.165) is 30.7 Å². The zero-order valence-corrected chi connectivity index (χ0v) is 32.4. The molecule has 57 heavy (non-hydrogen) atoms. The summed E-state index contributed by atoms with van der Waals surface area (Å²) in [7, 11) is 1.41. The van der Waals surface area contributed by atoms with Gasteiger partial charge in [0.05, 0.1) is 18.3 Å². The Kier molecular flexibility index (Phi) is 13.8. The van der Waals surface area contributed by atoms with Crippen LogP contribution in [0.4, 0.5) is 22.4 Å². The number of carbonyl (C=O) groups excluding carboxylic acids is 3. The Hall–Kier alpha value is -5.70. The molecule has 0 N–H and O–H groups in total. The lowest BCUT2D eigenvalue weighted by molar-refractivity contribution is -0.160. The summed E-state index contributed by atoms with van der Waals surface area (Å²) in [6.07, 6.45) is -0.695. The summed E-state index contributed by atoms with van der Waals surface area (Å²) in [5.74, 6) is -4.29. The molecule has 3 aromatic carbocycles. The van der Waals surface area contributed by atoms with E-state index in [-0.39, 0.29) is 62.4 Å². The van der Waals surface area contributed by atoms with Crippen molar-refractivity contribution in [3.05, 3.63) is 120 Å². The van der Waals surface area contributed by atoms with Gasteiger partial charge in [-0.05, 0) is 48.4 Å². The van der Waals surface area contributed by atoms with Crippen molar-refractivity contribution in [2.45, 2.75) is 59.2 Å². The maximum atomic E-state index is 16.0. The molecule has 0 spiro atoms. The van der Waals surface area contributed by atoms with E-state index < -0.39 is 65.1 Å². The second-order valence-corrected chi connectivity index (χ2v) is 14.5. The minimum Gasteiger partial charge on any atom is -0.467 e. The minimum absolute atomic E-state index is 0.0175. The third kappa shape index (κ3) is 10.6. The van der Waals surface area contributed by atoms with Crippen LogP contribution in [0.25, 0.3) is 11.3 Å². The van der Waals surface area contributed by atoms with Crippen molar-refractivity contribution in [3.8, 4) is 17.0 Å². The molecule has 11 nitrogen and oxygen atoms in total. The van der Waals surface area contributed by atoms with Crippen molar-refractivity contribution in [3.63, 3.8) is 0 Å². The van der Waals surface area contributed by atoms with E-state index >= 15 is 8.78 Å². The fourth-order valence-electron chi connectivity index (χ4n) is 6.77. The van der Waals surface area contributed by atoms with Gasteiger partial charge in [-0.2, -0.15) is 0 Å². The molecule has 0 saturated carbocycles. The number of rotatable bonds is 16.